The van der Waals surface area contributed by atoms with Gasteiger partial charge in [-0.2, -0.15) is 0 Å². The van der Waals surface area contributed by atoms with Gasteiger partial charge in [0, 0.05) is 19.4 Å². The molecular formula is C19H20N2O3S. The molecule has 130 valence electrons. The van der Waals surface area contributed by atoms with Crippen molar-refractivity contribution in [3.8, 4) is 17.2 Å². The van der Waals surface area contributed by atoms with Crippen molar-refractivity contribution in [2.45, 2.75) is 0 Å². The summed E-state index contributed by atoms with van der Waals surface area (Å²) >= 11 is 1.45. The summed E-state index contributed by atoms with van der Waals surface area (Å²) < 4.78 is 12.8. The van der Waals surface area contributed by atoms with Crippen molar-refractivity contribution in [2.24, 2.45) is 0 Å². The molecule has 0 spiro atoms. The van der Waals surface area contributed by atoms with Crippen LogP contribution in [0.4, 0.5) is 0 Å². The van der Waals surface area contributed by atoms with E-state index in [1.54, 1.807) is 19.1 Å². The number of thiophene rings is 1. The van der Waals surface area contributed by atoms with Crippen molar-refractivity contribution in [3.05, 3.63) is 65.1 Å². The fourth-order valence-corrected chi connectivity index (χ4v) is 3.29. The number of likely N-dealkylation sites (N-methyl/N-ethyl adjacent to an activating group) is 1. The van der Waals surface area contributed by atoms with Crippen LogP contribution in [0, 0.1) is 0 Å². The number of hydrogen-bond acceptors (Lipinski definition) is 4. The van der Waals surface area contributed by atoms with E-state index in [0.717, 1.165) is 22.1 Å². The highest BCUT2D eigenvalue weighted by Crippen LogP contribution is 2.23. The van der Waals surface area contributed by atoms with Crippen LogP contribution in [0.25, 0.3) is 5.69 Å². The Balaban J connectivity index is 1.57. The van der Waals surface area contributed by atoms with Crippen LogP contribution in [0.2, 0.25) is 0 Å². The number of rotatable bonds is 7. The van der Waals surface area contributed by atoms with Gasteiger partial charge >= 0.3 is 0 Å². The molecule has 0 N–H and O–H groups in total. The summed E-state index contributed by atoms with van der Waals surface area (Å²) in [5, 5.41) is 1.93. The molecule has 0 aliphatic rings. The smallest absolute Gasteiger partial charge is 0.265 e. The van der Waals surface area contributed by atoms with Crippen LogP contribution in [-0.4, -0.2) is 42.7 Å². The lowest BCUT2D eigenvalue weighted by molar-refractivity contribution is 0.0778. The largest absolute Gasteiger partial charge is 0.497 e. The Morgan fingerprint density at radius 1 is 1.12 bits per heavy atom. The molecular weight excluding hydrogens is 336 g/mol. The Labute approximate surface area is 151 Å². The first-order valence-electron chi connectivity index (χ1n) is 7.92. The molecule has 0 fully saturated rings. The predicted molar refractivity (Wildman–Crippen MR) is 99.1 cm³/mol. The summed E-state index contributed by atoms with van der Waals surface area (Å²) in [5.74, 6) is 1.54. The maximum absolute atomic E-state index is 12.7. The molecule has 1 amide bonds. The van der Waals surface area contributed by atoms with Gasteiger partial charge in [0.25, 0.3) is 5.91 Å². The molecule has 5 nitrogen and oxygen atoms in total. The maximum atomic E-state index is 12.7. The Kier molecular flexibility index (Phi) is 5.40. The van der Waals surface area contributed by atoms with E-state index in [-0.39, 0.29) is 5.91 Å². The lowest BCUT2D eigenvalue weighted by atomic mass is 10.3. The first-order valence-corrected chi connectivity index (χ1v) is 8.80. The van der Waals surface area contributed by atoms with E-state index < -0.39 is 0 Å². The summed E-state index contributed by atoms with van der Waals surface area (Å²) in [6.07, 6.45) is 3.87. The van der Waals surface area contributed by atoms with E-state index in [2.05, 4.69) is 0 Å². The minimum Gasteiger partial charge on any atom is -0.497 e. The molecule has 1 aromatic carbocycles. The first kappa shape index (κ1) is 17.1. The third-order valence-electron chi connectivity index (χ3n) is 3.82. The normalized spacial score (nSPS) is 10.5. The van der Waals surface area contributed by atoms with E-state index >= 15 is 0 Å². The van der Waals surface area contributed by atoms with Crippen LogP contribution in [0.15, 0.2) is 60.2 Å². The second kappa shape index (κ2) is 7.90. The maximum Gasteiger partial charge on any atom is 0.265 e. The highest BCUT2D eigenvalue weighted by atomic mass is 32.1. The molecule has 0 aliphatic heterocycles. The Morgan fingerprint density at radius 3 is 2.48 bits per heavy atom. The van der Waals surface area contributed by atoms with Crippen LogP contribution < -0.4 is 9.47 Å². The topological polar surface area (TPSA) is 43.7 Å². The summed E-state index contributed by atoms with van der Waals surface area (Å²) in [5.41, 5.74) is 0.905. The third-order valence-corrected chi connectivity index (χ3v) is 4.71. The molecule has 3 aromatic rings. The molecule has 0 radical (unpaired) electrons. The van der Waals surface area contributed by atoms with Crippen molar-refractivity contribution in [2.75, 3.05) is 27.3 Å². The highest BCUT2D eigenvalue weighted by Gasteiger charge is 2.18. The molecule has 0 saturated heterocycles. The van der Waals surface area contributed by atoms with Gasteiger partial charge < -0.3 is 18.9 Å². The summed E-state index contributed by atoms with van der Waals surface area (Å²) in [7, 11) is 3.42. The second-order valence-electron chi connectivity index (χ2n) is 5.48. The van der Waals surface area contributed by atoms with Gasteiger partial charge in [0.05, 0.1) is 19.3 Å². The molecule has 0 unspecified atom stereocenters. The van der Waals surface area contributed by atoms with E-state index in [9.17, 15) is 4.79 Å². The summed E-state index contributed by atoms with van der Waals surface area (Å²) in [4.78, 5) is 15.1. The Bertz CT molecular complexity index is 810. The molecule has 0 atom stereocenters. The number of nitrogens with zero attached hydrogens (tertiary/aromatic N) is 2. The van der Waals surface area contributed by atoms with Gasteiger partial charge in [0.15, 0.2) is 0 Å². The average Bonchev–Trinajstić information content (AvgIpc) is 3.32. The van der Waals surface area contributed by atoms with E-state index in [0.29, 0.717) is 13.2 Å². The van der Waals surface area contributed by atoms with Crippen LogP contribution in [0.5, 0.6) is 11.5 Å². The van der Waals surface area contributed by atoms with Crippen molar-refractivity contribution in [3.63, 3.8) is 0 Å². The molecule has 3 rings (SSSR count). The van der Waals surface area contributed by atoms with Gasteiger partial charge in [-0.05, 0) is 47.8 Å². The monoisotopic (exact) mass is 356 g/mol. The number of amides is 1. The number of hydrogen-bond donors (Lipinski definition) is 0. The lowest BCUT2D eigenvalue weighted by Crippen LogP contribution is -2.30. The average molecular weight is 356 g/mol. The van der Waals surface area contributed by atoms with Gasteiger partial charge in [-0.25, -0.2) is 0 Å². The molecule has 2 aromatic heterocycles. The molecule has 25 heavy (non-hydrogen) atoms. The number of benzene rings is 1. The van der Waals surface area contributed by atoms with Gasteiger partial charge in [0.2, 0.25) is 0 Å². The van der Waals surface area contributed by atoms with Crippen LogP contribution in [0.1, 0.15) is 9.67 Å². The lowest BCUT2D eigenvalue weighted by Gasteiger charge is -2.18. The zero-order chi connectivity index (χ0) is 17.6. The van der Waals surface area contributed by atoms with E-state index in [4.69, 9.17) is 9.47 Å². The van der Waals surface area contributed by atoms with Crippen molar-refractivity contribution in [1.29, 1.82) is 0 Å². The van der Waals surface area contributed by atoms with Crippen molar-refractivity contribution in [1.82, 2.24) is 9.47 Å². The minimum absolute atomic E-state index is 0.00275. The van der Waals surface area contributed by atoms with Crippen molar-refractivity contribution < 1.29 is 14.3 Å². The number of aromatic nitrogens is 1. The zero-order valence-corrected chi connectivity index (χ0v) is 15.0. The third kappa shape index (κ3) is 4.03. The highest BCUT2D eigenvalue weighted by molar-refractivity contribution is 7.12. The molecule has 0 saturated carbocycles. The number of carbonyl (C=O) groups is 1. The predicted octanol–water partition coefficient (Wildman–Crippen LogP) is 3.70. The molecule has 0 aliphatic carbocycles. The Hall–Kier alpha value is -2.73. The van der Waals surface area contributed by atoms with Gasteiger partial charge in [-0.3, -0.25) is 4.79 Å². The van der Waals surface area contributed by atoms with Crippen molar-refractivity contribution >= 4 is 17.2 Å². The molecule has 2 heterocycles. The van der Waals surface area contributed by atoms with Crippen LogP contribution in [-0.2, 0) is 0 Å². The van der Waals surface area contributed by atoms with E-state index in [1.807, 2.05) is 64.8 Å². The second-order valence-corrected chi connectivity index (χ2v) is 6.39. The summed E-state index contributed by atoms with van der Waals surface area (Å²) in [6.45, 7) is 0.937. The quantitative estimate of drug-likeness (QED) is 0.648. The minimum atomic E-state index is -0.00275. The van der Waals surface area contributed by atoms with E-state index in [1.165, 1.54) is 11.3 Å². The fraction of sp³-hybridized carbons (Fsp3) is 0.211. The standard InChI is InChI=1S/C19H20N2O3S/c1-20(12-13-24-16-7-5-15(23-2)6-8-16)19(22)18-17(9-14-25-18)21-10-3-4-11-21/h3-11,14H,12-13H2,1-2H3. The fourth-order valence-electron chi connectivity index (χ4n) is 2.41. The van der Waals surface area contributed by atoms with Gasteiger partial charge in [0.1, 0.15) is 23.0 Å². The molecule has 6 heteroatoms. The Morgan fingerprint density at radius 2 is 1.80 bits per heavy atom. The van der Waals surface area contributed by atoms with Gasteiger partial charge in [-0.15, -0.1) is 11.3 Å². The van der Waals surface area contributed by atoms with Crippen LogP contribution >= 0.6 is 11.3 Å². The first-order chi connectivity index (χ1) is 12.2. The number of methoxy groups -OCH3 is 1. The van der Waals surface area contributed by atoms with Crippen LogP contribution in [0.3, 0.4) is 0 Å². The van der Waals surface area contributed by atoms with Gasteiger partial charge in [-0.1, -0.05) is 0 Å². The SMILES string of the molecule is COc1ccc(OCCN(C)C(=O)c2sccc2-n2cccc2)cc1. The molecule has 0 bridgehead atoms. The zero-order valence-electron chi connectivity index (χ0n) is 14.2. The number of carbonyl (C=O) groups excluding carboxylic acids is 1. The summed E-state index contributed by atoms with van der Waals surface area (Å²) in [6, 6.07) is 13.2. The number of ether oxygens (including phenoxy) is 2.